The minimum atomic E-state index is -0.742. The molecule has 0 heterocycles. The third kappa shape index (κ3) is 1.33. The molecule has 0 unspecified atom stereocenters. The molecule has 1 saturated carbocycles. The van der Waals surface area contributed by atoms with Crippen LogP contribution >= 0.6 is 0 Å². The summed E-state index contributed by atoms with van der Waals surface area (Å²) in [7, 11) is 1.54. The Kier molecular flexibility index (Phi) is 2.44. The van der Waals surface area contributed by atoms with Gasteiger partial charge in [-0.3, -0.25) is 0 Å². The molecule has 6 atom stereocenters. The quantitative estimate of drug-likeness (QED) is 0.684. The summed E-state index contributed by atoms with van der Waals surface area (Å²) < 4.78 is 5.31. The molecule has 0 aromatic heterocycles. The fraction of sp³-hybridized carbons (Fsp3) is 0.500. The number of allylic oxidation sites excluding steroid dienone is 2. The fourth-order valence-corrected chi connectivity index (χ4v) is 4.57. The van der Waals surface area contributed by atoms with Crippen LogP contribution in [0.4, 0.5) is 0 Å². The van der Waals surface area contributed by atoms with Crippen molar-refractivity contribution in [3.05, 3.63) is 35.4 Å². The number of ether oxygens (including phenoxy) is 1. The lowest BCUT2D eigenvalue weighted by atomic mass is 9.67. The first-order chi connectivity index (χ1) is 9.63. The van der Waals surface area contributed by atoms with Crippen molar-refractivity contribution in [3.8, 4) is 11.5 Å². The summed E-state index contributed by atoms with van der Waals surface area (Å²) in [6, 6.07) is 3.17. The van der Waals surface area contributed by atoms with Crippen molar-refractivity contribution in [2.75, 3.05) is 7.11 Å². The maximum absolute atomic E-state index is 10.8. The standard InChI is InChI=1S/C16H18O4/c1-20-10-5-4-9(17)13-14(10)16(19)12-8-3-2-7(6-8)11(12)15(13)18/h2-5,7-8,11-12,15-19H,6H2,1H3/t7-,8+,11-,12+,15-,16+/m0/s1. The zero-order valence-electron chi connectivity index (χ0n) is 11.2. The summed E-state index contributed by atoms with van der Waals surface area (Å²) in [6.45, 7) is 0. The van der Waals surface area contributed by atoms with Crippen LogP contribution in [0, 0.1) is 23.7 Å². The number of aromatic hydroxyl groups is 1. The van der Waals surface area contributed by atoms with Crippen LogP contribution < -0.4 is 4.74 Å². The number of fused-ring (bicyclic) bond motifs is 6. The lowest BCUT2D eigenvalue weighted by Crippen LogP contribution is -2.36. The number of hydrogen-bond acceptors (Lipinski definition) is 4. The van der Waals surface area contributed by atoms with Crippen molar-refractivity contribution in [1.82, 2.24) is 0 Å². The second kappa shape index (κ2) is 3.99. The maximum Gasteiger partial charge on any atom is 0.125 e. The van der Waals surface area contributed by atoms with Crippen LogP contribution in [0.2, 0.25) is 0 Å². The molecule has 20 heavy (non-hydrogen) atoms. The van der Waals surface area contributed by atoms with Gasteiger partial charge < -0.3 is 20.1 Å². The highest BCUT2D eigenvalue weighted by atomic mass is 16.5. The highest BCUT2D eigenvalue weighted by Crippen LogP contribution is 2.62. The summed E-state index contributed by atoms with van der Waals surface area (Å²) in [5, 5.41) is 31.6. The number of hydrogen-bond donors (Lipinski definition) is 3. The van der Waals surface area contributed by atoms with Crippen LogP contribution in [0.3, 0.4) is 0 Å². The normalized spacial score (nSPS) is 40.5. The molecule has 4 nitrogen and oxygen atoms in total. The van der Waals surface area contributed by atoms with Gasteiger partial charge in [0.2, 0.25) is 0 Å². The second-order valence-electron chi connectivity index (χ2n) is 6.11. The number of methoxy groups -OCH3 is 1. The van der Waals surface area contributed by atoms with Gasteiger partial charge in [-0.05, 0) is 30.4 Å². The van der Waals surface area contributed by atoms with Crippen LogP contribution in [0.1, 0.15) is 29.8 Å². The average molecular weight is 274 g/mol. The summed E-state index contributed by atoms with van der Waals surface area (Å²) in [5.74, 6) is 1.20. The minimum Gasteiger partial charge on any atom is -0.508 e. The van der Waals surface area contributed by atoms with E-state index in [1.165, 1.54) is 6.07 Å². The number of rotatable bonds is 1. The highest BCUT2D eigenvalue weighted by molar-refractivity contribution is 5.53. The Labute approximate surface area is 117 Å². The van der Waals surface area contributed by atoms with Crippen molar-refractivity contribution < 1.29 is 20.1 Å². The van der Waals surface area contributed by atoms with Gasteiger partial charge in [-0.25, -0.2) is 0 Å². The monoisotopic (exact) mass is 274 g/mol. The lowest BCUT2D eigenvalue weighted by molar-refractivity contribution is -0.0234. The molecule has 1 aromatic rings. The van der Waals surface area contributed by atoms with Gasteiger partial charge in [0.05, 0.1) is 19.3 Å². The van der Waals surface area contributed by atoms with Crippen LogP contribution in [0.5, 0.6) is 11.5 Å². The first-order valence-corrected chi connectivity index (χ1v) is 7.07. The molecule has 0 aliphatic heterocycles. The molecule has 3 N–H and O–H groups in total. The molecule has 4 rings (SSSR count). The molecule has 0 spiro atoms. The van der Waals surface area contributed by atoms with E-state index in [-0.39, 0.29) is 17.6 Å². The van der Waals surface area contributed by atoms with E-state index in [0.29, 0.717) is 28.7 Å². The number of aliphatic hydroxyl groups is 2. The Balaban J connectivity index is 1.92. The Hall–Kier alpha value is -1.52. The molecule has 106 valence electrons. The van der Waals surface area contributed by atoms with E-state index >= 15 is 0 Å². The first-order valence-electron chi connectivity index (χ1n) is 7.07. The van der Waals surface area contributed by atoms with Crippen LogP contribution in [0.25, 0.3) is 0 Å². The van der Waals surface area contributed by atoms with Gasteiger partial charge >= 0.3 is 0 Å². The van der Waals surface area contributed by atoms with E-state index in [9.17, 15) is 15.3 Å². The SMILES string of the molecule is COc1ccc(O)c2c1[C@H](O)[C@H]1[C@@H]([C@@H]2O)[C@H]2C=C[C@@H]1C2. The van der Waals surface area contributed by atoms with Gasteiger partial charge in [0.1, 0.15) is 11.5 Å². The summed E-state index contributed by atoms with van der Waals surface area (Å²) in [4.78, 5) is 0. The van der Waals surface area contributed by atoms with E-state index in [1.807, 2.05) is 0 Å². The van der Waals surface area contributed by atoms with E-state index in [1.54, 1.807) is 13.2 Å². The molecule has 4 heteroatoms. The predicted octanol–water partition coefficient (Wildman–Crippen LogP) is 1.92. The largest absolute Gasteiger partial charge is 0.508 e. The lowest BCUT2D eigenvalue weighted by Gasteiger charge is -2.41. The molecular weight excluding hydrogens is 256 g/mol. The third-order valence-electron chi connectivity index (χ3n) is 5.35. The fourth-order valence-electron chi connectivity index (χ4n) is 4.57. The van der Waals surface area contributed by atoms with Crippen molar-refractivity contribution in [2.24, 2.45) is 23.7 Å². The van der Waals surface area contributed by atoms with Gasteiger partial charge in [0.15, 0.2) is 0 Å². The van der Waals surface area contributed by atoms with E-state index in [2.05, 4.69) is 12.2 Å². The zero-order chi connectivity index (χ0) is 14.0. The van der Waals surface area contributed by atoms with E-state index in [4.69, 9.17) is 4.74 Å². The second-order valence-corrected chi connectivity index (χ2v) is 6.11. The van der Waals surface area contributed by atoms with Crippen LogP contribution in [-0.4, -0.2) is 22.4 Å². The van der Waals surface area contributed by atoms with Gasteiger partial charge in [-0.2, -0.15) is 0 Å². The molecule has 0 amide bonds. The van der Waals surface area contributed by atoms with Gasteiger partial charge in [0, 0.05) is 23.0 Å². The van der Waals surface area contributed by atoms with Crippen molar-refractivity contribution >= 4 is 0 Å². The Morgan fingerprint density at radius 2 is 1.60 bits per heavy atom. The van der Waals surface area contributed by atoms with Crippen molar-refractivity contribution in [1.29, 1.82) is 0 Å². The molecule has 3 aliphatic carbocycles. The number of aliphatic hydroxyl groups excluding tert-OH is 2. The van der Waals surface area contributed by atoms with Crippen LogP contribution in [-0.2, 0) is 0 Å². The number of phenols is 1. The van der Waals surface area contributed by atoms with Gasteiger partial charge in [0.25, 0.3) is 0 Å². The average Bonchev–Trinajstić information content (AvgIpc) is 3.05. The van der Waals surface area contributed by atoms with Crippen LogP contribution in [0.15, 0.2) is 24.3 Å². The molecule has 2 bridgehead atoms. The summed E-state index contributed by atoms with van der Waals surface area (Å²) in [6.07, 6.45) is 3.85. The summed E-state index contributed by atoms with van der Waals surface area (Å²) in [5.41, 5.74) is 1.00. The third-order valence-corrected chi connectivity index (χ3v) is 5.35. The molecule has 0 saturated heterocycles. The Morgan fingerprint density at radius 1 is 1.00 bits per heavy atom. The summed E-state index contributed by atoms with van der Waals surface area (Å²) >= 11 is 0. The van der Waals surface area contributed by atoms with E-state index < -0.39 is 12.2 Å². The number of benzene rings is 1. The molecular formula is C16H18O4. The van der Waals surface area contributed by atoms with Crippen molar-refractivity contribution in [2.45, 2.75) is 18.6 Å². The Morgan fingerprint density at radius 3 is 2.20 bits per heavy atom. The predicted molar refractivity (Wildman–Crippen MR) is 72.3 cm³/mol. The minimum absolute atomic E-state index is 0.00879. The number of phenolic OH excluding ortho intramolecular Hbond substituents is 1. The maximum atomic E-state index is 10.8. The highest BCUT2D eigenvalue weighted by Gasteiger charge is 2.55. The molecule has 1 fully saturated rings. The zero-order valence-corrected chi connectivity index (χ0v) is 11.2. The van der Waals surface area contributed by atoms with Crippen molar-refractivity contribution in [3.63, 3.8) is 0 Å². The Bertz CT molecular complexity index is 594. The van der Waals surface area contributed by atoms with Gasteiger partial charge in [-0.15, -0.1) is 0 Å². The van der Waals surface area contributed by atoms with Gasteiger partial charge in [-0.1, -0.05) is 12.2 Å². The smallest absolute Gasteiger partial charge is 0.125 e. The van der Waals surface area contributed by atoms with E-state index in [0.717, 1.165) is 6.42 Å². The molecule has 0 radical (unpaired) electrons. The topological polar surface area (TPSA) is 69.9 Å². The molecule has 1 aromatic carbocycles. The molecule has 3 aliphatic rings. The first kappa shape index (κ1) is 12.2.